The Morgan fingerprint density at radius 1 is 1.09 bits per heavy atom. The van der Waals surface area contributed by atoms with Crippen LogP contribution in [0, 0.1) is 0 Å². The summed E-state index contributed by atoms with van der Waals surface area (Å²) >= 11 is 1.31. The summed E-state index contributed by atoms with van der Waals surface area (Å²) < 4.78 is 9.44. The maximum Gasteiger partial charge on any atom is 0.303 e. The Balaban J connectivity index is 2.16. The molecule has 0 amide bonds. The summed E-state index contributed by atoms with van der Waals surface area (Å²) in [6, 6.07) is 0. The van der Waals surface area contributed by atoms with Gasteiger partial charge in [0, 0.05) is 13.8 Å². The highest BCUT2D eigenvalue weighted by molar-refractivity contribution is 8.07. The number of esters is 2. The lowest BCUT2D eigenvalue weighted by Crippen LogP contribution is -2.09. The molecule has 0 N–H and O–H groups in total. The zero-order valence-electron chi connectivity index (χ0n) is 6.20. The van der Waals surface area contributed by atoms with Crippen molar-refractivity contribution in [2.75, 3.05) is 0 Å². The van der Waals surface area contributed by atoms with Crippen LogP contribution in [0.25, 0.3) is 0 Å². The van der Waals surface area contributed by atoms with Crippen molar-refractivity contribution in [3.8, 4) is 0 Å². The van der Waals surface area contributed by atoms with Crippen molar-refractivity contribution in [1.82, 2.24) is 0 Å². The summed E-state index contributed by atoms with van der Waals surface area (Å²) in [6.45, 7) is 2.65. The maximum absolute atomic E-state index is 10.3. The van der Waals surface area contributed by atoms with Crippen LogP contribution in [0.15, 0.2) is 0 Å². The second-order valence-corrected chi connectivity index (χ2v) is 3.29. The van der Waals surface area contributed by atoms with Crippen LogP contribution in [0.5, 0.6) is 0 Å². The van der Waals surface area contributed by atoms with E-state index in [1.54, 1.807) is 0 Å². The number of hydrogen-bond acceptors (Lipinski definition) is 5. The van der Waals surface area contributed by atoms with Gasteiger partial charge in [0.1, 0.15) is 0 Å². The first-order valence-electron chi connectivity index (χ1n) is 3.09. The molecule has 62 valence electrons. The SMILES string of the molecule is CC(=O)OC1SC1OC(C)=O. The highest BCUT2D eigenvalue weighted by Gasteiger charge is 2.45. The van der Waals surface area contributed by atoms with Crippen LogP contribution in [0.4, 0.5) is 0 Å². The lowest BCUT2D eigenvalue weighted by atomic mass is 10.7. The third kappa shape index (κ3) is 2.80. The lowest BCUT2D eigenvalue weighted by Gasteiger charge is -1.97. The number of thioether (sulfide) groups is 1. The first kappa shape index (κ1) is 8.39. The minimum absolute atomic E-state index is 0.281. The van der Waals surface area contributed by atoms with Crippen LogP contribution < -0.4 is 0 Å². The summed E-state index contributed by atoms with van der Waals surface area (Å²) in [5, 5.41) is 0. The average molecular weight is 176 g/mol. The van der Waals surface area contributed by atoms with Crippen LogP contribution in [0.3, 0.4) is 0 Å². The fourth-order valence-corrected chi connectivity index (χ4v) is 1.25. The second-order valence-electron chi connectivity index (χ2n) is 2.09. The molecular formula is C6H8O4S. The molecule has 0 aromatic rings. The molecule has 0 aromatic carbocycles. The quantitative estimate of drug-likeness (QED) is 0.453. The molecule has 2 atom stereocenters. The van der Waals surface area contributed by atoms with Crippen LogP contribution in [-0.4, -0.2) is 22.8 Å². The standard InChI is InChI=1S/C6H8O4S/c1-3(7)9-5-6(11-5)10-4(2)8/h5-6H,1-2H3. The van der Waals surface area contributed by atoms with E-state index in [1.807, 2.05) is 0 Å². The Morgan fingerprint density at radius 3 is 1.73 bits per heavy atom. The summed E-state index contributed by atoms with van der Waals surface area (Å²) in [5.74, 6) is -0.700. The van der Waals surface area contributed by atoms with Gasteiger partial charge in [-0.2, -0.15) is 0 Å². The van der Waals surface area contributed by atoms with E-state index in [9.17, 15) is 9.59 Å². The zero-order chi connectivity index (χ0) is 8.43. The molecule has 0 radical (unpaired) electrons. The Morgan fingerprint density at radius 2 is 1.45 bits per heavy atom. The highest BCUT2D eigenvalue weighted by Crippen LogP contribution is 2.42. The van der Waals surface area contributed by atoms with Crippen molar-refractivity contribution >= 4 is 23.7 Å². The average Bonchev–Trinajstić information content (AvgIpc) is 2.43. The molecule has 0 bridgehead atoms. The van der Waals surface area contributed by atoms with Crippen molar-refractivity contribution in [2.45, 2.75) is 24.7 Å². The Labute approximate surface area is 68.2 Å². The van der Waals surface area contributed by atoms with Crippen LogP contribution >= 0.6 is 11.8 Å². The fourth-order valence-electron chi connectivity index (χ4n) is 0.581. The summed E-state index contributed by atoms with van der Waals surface area (Å²) in [4.78, 5) is 20.7. The monoisotopic (exact) mass is 176 g/mol. The van der Waals surface area contributed by atoms with Gasteiger partial charge in [-0.25, -0.2) is 0 Å². The lowest BCUT2D eigenvalue weighted by molar-refractivity contribution is -0.149. The van der Waals surface area contributed by atoms with Gasteiger partial charge in [-0.3, -0.25) is 9.59 Å². The predicted octanol–water partition coefficient (Wildman–Crippen LogP) is 0.512. The van der Waals surface area contributed by atoms with Crippen LogP contribution in [0.1, 0.15) is 13.8 Å². The molecule has 1 fully saturated rings. The largest absolute Gasteiger partial charge is 0.446 e. The maximum atomic E-state index is 10.3. The molecule has 11 heavy (non-hydrogen) atoms. The number of carbonyl (C=O) groups is 2. The van der Waals surface area contributed by atoms with Gasteiger partial charge in [0.25, 0.3) is 0 Å². The number of ether oxygens (including phenoxy) is 2. The van der Waals surface area contributed by atoms with Crippen molar-refractivity contribution in [3.63, 3.8) is 0 Å². The van der Waals surface area contributed by atoms with Crippen LogP contribution in [-0.2, 0) is 19.1 Å². The second kappa shape index (κ2) is 3.13. The Hall–Kier alpha value is -0.710. The smallest absolute Gasteiger partial charge is 0.303 e. The van der Waals surface area contributed by atoms with Gasteiger partial charge in [-0.1, -0.05) is 11.8 Å². The Bertz CT molecular complexity index is 171. The molecule has 1 heterocycles. The van der Waals surface area contributed by atoms with Crippen molar-refractivity contribution < 1.29 is 19.1 Å². The molecule has 0 aliphatic carbocycles. The van der Waals surface area contributed by atoms with Gasteiger partial charge in [0.05, 0.1) is 0 Å². The van der Waals surface area contributed by atoms with Crippen molar-refractivity contribution in [1.29, 1.82) is 0 Å². The molecule has 1 saturated heterocycles. The van der Waals surface area contributed by atoms with E-state index in [-0.39, 0.29) is 22.8 Å². The third-order valence-electron chi connectivity index (χ3n) is 0.978. The van der Waals surface area contributed by atoms with Gasteiger partial charge >= 0.3 is 11.9 Å². The third-order valence-corrected chi connectivity index (χ3v) is 1.89. The molecule has 1 rings (SSSR count). The van der Waals surface area contributed by atoms with Crippen molar-refractivity contribution in [2.24, 2.45) is 0 Å². The van der Waals surface area contributed by atoms with E-state index < -0.39 is 0 Å². The normalized spacial score (nSPS) is 27.5. The first-order chi connectivity index (χ1) is 5.09. The van der Waals surface area contributed by atoms with Gasteiger partial charge in [-0.05, 0) is 0 Å². The number of carbonyl (C=O) groups excluding carboxylic acids is 2. The van der Waals surface area contributed by atoms with E-state index in [4.69, 9.17) is 9.47 Å². The molecule has 1 aliphatic heterocycles. The minimum atomic E-state index is -0.350. The zero-order valence-corrected chi connectivity index (χ0v) is 7.01. The van der Waals surface area contributed by atoms with Gasteiger partial charge < -0.3 is 9.47 Å². The minimum Gasteiger partial charge on any atom is -0.446 e. The van der Waals surface area contributed by atoms with E-state index in [2.05, 4.69) is 0 Å². The summed E-state index contributed by atoms with van der Waals surface area (Å²) in [7, 11) is 0. The van der Waals surface area contributed by atoms with E-state index in [0.717, 1.165) is 0 Å². The van der Waals surface area contributed by atoms with E-state index in [1.165, 1.54) is 25.6 Å². The topological polar surface area (TPSA) is 52.6 Å². The van der Waals surface area contributed by atoms with Crippen molar-refractivity contribution in [3.05, 3.63) is 0 Å². The molecule has 5 heteroatoms. The molecule has 0 spiro atoms. The molecule has 0 aromatic heterocycles. The molecule has 0 saturated carbocycles. The van der Waals surface area contributed by atoms with E-state index >= 15 is 0 Å². The molecular weight excluding hydrogens is 168 g/mol. The fraction of sp³-hybridized carbons (Fsp3) is 0.667. The first-order valence-corrected chi connectivity index (χ1v) is 4.04. The highest BCUT2D eigenvalue weighted by atomic mass is 32.2. The molecule has 1 aliphatic rings. The molecule has 2 unspecified atom stereocenters. The van der Waals surface area contributed by atoms with Gasteiger partial charge in [0.2, 0.25) is 0 Å². The Kier molecular flexibility index (Phi) is 2.38. The summed E-state index contributed by atoms with van der Waals surface area (Å²) in [6.07, 6.45) is 0. The number of hydrogen-bond donors (Lipinski definition) is 0. The van der Waals surface area contributed by atoms with Gasteiger partial charge in [-0.15, -0.1) is 0 Å². The molecule has 4 nitrogen and oxygen atoms in total. The number of rotatable bonds is 2. The predicted molar refractivity (Wildman–Crippen MR) is 38.7 cm³/mol. The van der Waals surface area contributed by atoms with E-state index in [0.29, 0.717) is 0 Å². The van der Waals surface area contributed by atoms with Gasteiger partial charge in [0.15, 0.2) is 10.9 Å². The summed E-state index contributed by atoms with van der Waals surface area (Å²) in [5.41, 5.74) is -0.562. The van der Waals surface area contributed by atoms with Crippen LogP contribution in [0.2, 0.25) is 0 Å².